The van der Waals surface area contributed by atoms with E-state index < -0.39 is 4.92 Å². The van der Waals surface area contributed by atoms with E-state index in [0.29, 0.717) is 11.5 Å². The highest BCUT2D eigenvalue weighted by Gasteiger charge is 2.19. The Labute approximate surface area is 136 Å². The summed E-state index contributed by atoms with van der Waals surface area (Å²) in [5, 5.41) is 13.2. The van der Waals surface area contributed by atoms with Crippen molar-refractivity contribution >= 4 is 38.7 Å². The van der Waals surface area contributed by atoms with Crippen LogP contribution in [-0.2, 0) is 0 Å². The van der Waals surface area contributed by atoms with Gasteiger partial charge in [-0.3, -0.25) is 10.1 Å². The maximum absolute atomic E-state index is 11.2. The van der Waals surface area contributed by atoms with Crippen molar-refractivity contribution in [3.8, 4) is 5.75 Å². The van der Waals surface area contributed by atoms with E-state index in [1.54, 1.807) is 12.1 Å². The largest absolute Gasteiger partial charge is 0.490 e. The first kappa shape index (κ1) is 15.2. The molecule has 0 saturated heterocycles. The van der Waals surface area contributed by atoms with Crippen LogP contribution in [0.1, 0.15) is 5.82 Å². The maximum Gasteiger partial charge on any atom is 0.312 e. The summed E-state index contributed by atoms with van der Waals surface area (Å²) in [6.45, 7) is 1.82. The standard InChI is InChI=1S/C15H14N4O3S/c1-9-16-11-6-7-23-14(11)15(17-9)18(2)10-4-5-13(22-3)12(8-10)19(20)21/h4-8H,1-3H3. The summed E-state index contributed by atoms with van der Waals surface area (Å²) in [6, 6.07) is 6.77. The molecular formula is C15H14N4O3S. The predicted octanol–water partition coefficient (Wildman–Crippen LogP) is 3.68. The summed E-state index contributed by atoms with van der Waals surface area (Å²) in [5.74, 6) is 1.61. The lowest BCUT2D eigenvalue weighted by atomic mass is 10.2. The van der Waals surface area contributed by atoms with Crippen molar-refractivity contribution in [2.45, 2.75) is 6.92 Å². The van der Waals surface area contributed by atoms with Gasteiger partial charge in [-0.1, -0.05) is 0 Å². The molecule has 0 unspecified atom stereocenters. The summed E-state index contributed by atoms with van der Waals surface area (Å²) in [4.78, 5) is 21.4. The third-order valence-electron chi connectivity index (χ3n) is 3.46. The molecule has 3 aromatic rings. The molecule has 0 aliphatic rings. The Balaban J connectivity index is 2.12. The van der Waals surface area contributed by atoms with E-state index in [0.717, 1.165) is 16.0 Å². The highest BCUT2D eigenvalue weighted by molar-refractivity contribution is 7.17. The van der Waals surface area contributed by atoms with Gasteiger partial charge in [-0.05, 0) is 30.5 Å². The van der Waals surface area contributed by atoms with E-state index in [-0.39, 0.29) is 11.4 Å². The topological polar surface area (TPSA) is 81.4 Å². The molecule has 0 radical (unpaired) electrons. The average molecular weight is 330 g/mol. The minimum Gasteiger partial charge on any atom is -0.490 e. The van der Waals surface area contributed by atoms with Gasteiger partial charge in [-0.15, -0.1) is 11.3 Å². The number of benzene rings is 1. The van der Waals surface area contributed by atoms with Gasteiger partial charge in [0.15, 0.2) is 11.6 Å². The number of aryl methyl sites for hydroxylation is 1. The molecule has 23 heavy (non-hydrogen) atoms. The summed E-state index contributed by atoms with van der Waals surface area (Å²) < 4.78 is 5.98. The van der Waals surface area contributed by atoms with Crippen molar-refractivity contribution in [3.05, 3.63) is 45.6 Å². The predicted molar refractivity (Wildman–Crippen MR) is 89.9 cm³/mol. The maximum atomic E-state index is 11.2. The molecule has 0 bridgehead atoms. The Hall–Kier alpha value is -2.74. The molecule has 8 heteroatoms. The molecule has 0 amide bonds. The van der Waals surface area contributed by atoms with Gasteiger partial charge < -0.3 is 9.64 Å². The SMILES string of the molecule is COc1ccc(N(C)c2nc(C)nc3ccsc23)cc1[N+](=O)[O-]. The van der Waals surface area contributed by atoms with Gasteiger partial charge in [-0.25, -0.2) is 9.97 Å². The van der Waals surface area contributed by atoms with Gasteiger partial charge in [0.1, 0.15) is 5.82 Å². The second kappa shape index (κ2) is 5.81. The van der Waals surface area contributed by atoms with Crippen LogP contribution in [0.25, 0.3) is 10.2 Å². The van der Waals surface area contributed by atoms with Crippen LogP contribution >= 0.6 is 11.3 Å². The fourth-order valence-corrected chi connectivity index (χ4v) is 3.20. The van der Waals surface area contributed by atoms with Crippen LogP contribution in [-0.4, -0.2) is 29.0 Å². The van der Waals surface area contributed by atoms with Gasteiger partial charge in [0.25, 0.3) is 0 Å². The van der Waals surface area contributed by atoms with Crippen molar-refractivity contribution < 1.29 is 9.66 Å². The lowest BCUT2D eigenvalue weighted by Crippen LogP contribution is -2.12. The first-order valence-corrected chi connectivity index (χ1v) is 7.67. The van der Waals surface area contributed by atoms with E-state index in [4.69, 9.17) is 4.74 Å². The third-order valence-corrected chi connectivity index (χ3v) is 4.36. The summed E-state index contributed by atoms with van der Waals surface area (Å²) >= 11 is 1.54. The summed E-state index contributed by atoms with van der Waals surface area (Å²) in [6.07, 6.45) is 0. The fraction of sp³-hybridized carbons (Fsp3) is 0.200. The molecule has 7 nitrogen and oxygen atoms in total. The smallest absolute Gasteiger partial charge is 0.312 e. The number of hydrogen-bond donors (Lipinski definition) is 0. The molecule has 3 rings (SSSR count). The molecule has 2 heterocycles. The molecular weight excluding hydrogens is 316 g/mol. The molecule has 0 spiro atoms. The van der Waals surface area contributed by atoms with Gasteiger partial charge >= 0.3 is 5.69 Å². The molecule has 118 valence electrons. The Bertz CT molecular complexity index is 894. The minimum atomic E-state index is -0.456. The van der Waals surface area contributed by atoms with Crippen LogP contribution in [0, 0.1) is 17.0 Å². The number of fused-ring (bicyclic) bond motifs is 1. The molecule has 0 aliphatic carbocycles. The number of ether oxygens (including phenoxy) is 1. The van der Waals surface area contributed by atoms with Crippen LogP contribution < -0.4 is 9.64 Å². The fourth-order valence-electron chi connectivity index (χ4n) is 2.34. The summed E-state index contributed by atoms with van der Waals surface area (Å²) in [7, 11) is 3.24. The van der Waals surface area contributed by atoms with Crippen LogP contribution in [0.2, 0.25) is 0 Å². The Morgan fingerprint density at radius 2 is 2.09 bits per heavy atom. The Morgan fingerprint density at radius 3 is 2.78 bits per heavy atom. The highest BCUT2D eigenvalue weighted by atomic mass is 32.1. The van der Waals surface area contributed by atoms with E-state index in [1.807, 2.05) is 30.3 Å². The molecule has 1 aromatic carbocycles. The van der Waals surface area contributed by atoms with Gasteiger partial charge in [0.2, 0.25) is 0 Å². The number of methoxy groups -OCH3 is 1. The Kier molecular flexibility index (Phi) is 3.83. The number of nitro benzene ring substituents is 1. The monoisotopic (exact) mass is 330 g/mol. The van der Waals surface area contributed by atoms with Crippen molar-refractivity contribution in [2.24, 2.45) is 0 Å². The zero-order chi connectivity index (χ0) is 16.6. The van der Waals surface area contributed by atoms with Crippen molar-refractivity contribution in [1.29, 1.82) is 0 Å². The number of rotatable bonds is 4. The molecule has 0 saturated carbocycles. The zero-order valence-corrected chi connectivity index (χ0v) is 13.6. The van der Waals surface area contributed by atoms with Crippen LogP contribution in [0.15, 0.2) is 29.6 Å². The molecule has 0 aliphatic heterocycles. The number of nitro groups is 1. The van der Waals surface area contributed by atoms with Gasteiger partial charge in [-0.2, -0.15) is 0 Å². The molecule has 0 N–H and O–H groups in total. The van der Waals surface area contributed by atoms with Crippen LogP contribution in [0.3, 0.4) is 0 Å². The van der Waals surface area contributed by atoms with E-state index in [2.05, 4.69) is 9.97 Å². The minimum absolute atomic E-state index is 0.0787. The number of thiophene rings is 1. The number of anilines is 2. The van der Waals surface area contributed by atoms with E-state index >= 15 is 0 Å². The molecule has 0 fully saturated rings. The quantitative estimate of drug-likeness (QED) is 0.536. The first-order chi connectivity index (χ1) is 11.0. The Morgan fingerprint density at radius 1 is 1.30 bits per heavy atom. The molecule has 2 aromatic heterocycles. The van der Waals surface area contributed by atoms with Crippen LogP contribution in [0.5, 0.6) is 5.75 Å². The normalized spacial score (nSPS) is 10.7. The molecule has 0 atom stereocenters. The van der Waals surface area contributed by atoms with Gasteiger partial charge in [0.05, 0.1) is 22.2 Å². The van der Waals surface area contributed by atoms with E-state index in [9.17, 15) is 10.1 Å². The van der Waals surface area contributed by atoms with Crippen molar-refractivity contribution in [2.75, 3.05) is 19.1 Å². The second-order valence-corrected chi connectivity index (χ2v) is 5.82. The second-order valence-electron chi connectivity index (χ2n) is 4.90. The van der Waals surface area contributed by atoms with Gasteiger partial charge in [0, 0.05) is 18.8 Å². The number of aromatic nitrogens is 2. The van der Waals surface area contributed by atoms with Crippen LogP contribution in [0.4, 0.5) is 17.2 Å². The number of nitrogens with zero attached hydrogens (tertiary/aromatic N) is 4. The number of hydrogen-bond acceptors (Lipinski definition) is 7. The third kappa shape index (κ3) is 2.68. The first-order valence-electron chi connectivity index (χ1n) is 6.79. The van der Waals surface area contributed by atoms with Crippen molar-refractivity contribution in [3.63, 3.8) is 0 Å². The summed E-state index contributed by atoms with van der Waals surface area (Å²) in [5.41, 5.74) is 1.45. The lowest BCUT2D eigenvalue weighted by Gasteiger charge is -2.19. The average Bonchev–Trinajstić information content (AvgIpc) is 3.00. The highest BCUT2D eigenvalue weighted by Crippen LogP contribution is 2.36. The van der Waals surface area contributed by atoms with Crippen molar-refractivity contribution in [1.82, 2.24) is 9.97 Å². The zero-order valence-electron chi connectivity index (χ0n) is 12.8. The van der Waals surface area contributed by atoms with E-state index in [1.165, 1.54) is 24.5 Å². The lowest BCUT2D eigenvalue weighted by molar-refractivity contribution is -0.385.